The lowest BCUT2D eigenvalue weighted by Crippen LogP contribution is -2.67. The normalized spacial score (nSPS) is 28.3. The highest BCUT2D eigenvalue weighted by atomic mass is 16.6. The van der Waals surface area contributed by atoms with Gasteiger partial charge < -0.3 is 30.3 Å². The molecule has 0 saturated carbocycles. The smallest absolute Gasteiger partial charge is 0.310 e. The van der Waals surface area contributed by atoms with E-state index in [0.29, 0.717) is 24.9 Å². The summed E-state index contributed by atoms with van der Waals surface area (Å²) in [5, 5.41) is 17.2. The van der Waals surface area contributed by atoms with Gasteiger partial charge in [-0.15, -0.1) is 0 Å². The molecule has 3 N–H and O–H groups in total. The number of benzene rings is 2. The highest BCUT2D eigenvalue weighted by Crippen LogP contribution is 2.24. The van der Waals surface area contributed by atoms with Crippen LogP contribution < -0.4 is 10.6 Å². The minimum atomic E-state index is -1.42. The van der Waals surface area contributed by atoms with E-state index in [1.165, 1.54) is 0 Å². The molecular weight excluding hydrogens is 476 g/mol. The van der Waals surface area contributed by atoms with Crippen LogP contribution in [-0.2, 0) is 19.1 Å². The van der Waals surface area contributed by atoms with Crippen molar-refractivity contribution in [3.05, 3.63) is 60.2 Å². The lowest BCUT2D eigenvalue weighted by molar-refractivity contribution is -0.156. The molecule has 3 heterocycles. The second-order valence-corrected chi connectivity index (χ2v) is 9.83. The van der Waals surface area contributed by atoms with Gasteiger partial charge in [0.25, 0.3) is 5.91 Å². The standard InChI is InChI=1S/C27H30N4O6/c1-30-14-17-9-3-5-12-20(28-24(33)19-11-6-8-16-7-2-4-10-18(16)19)26(35)31(17)22(15-30)25(34)29-21-13-23(32)37-27(21)36/h2-8,10-11,17,20-22,27,36H,9,12-15H2,1H3,(H,28,33)(H,29,34)/t17-,20-,21?,22-,27?/m0/s1. The summed E-state index contributed by atoms with van der Waals surface area (Å²) in [4.78, 5) is 55.6. The van der Waals surface area contributed by atoms with E-state index in [1.807, 2.05) is 54.4 Å². The fraction of sp³-hybridized carbons (Fsp3) is 0.407. The minimum Gasteiger partial charge on any atom is -0.434 e. The molecule has 2 saturated heterocycles. The number of aliphatic hydroxyl groups is 1. The SMILES string of the molecule is CN1C[C@@H]2CC=CC[C@H](NC(=O)c3cccc4ccccc34)C(=O)N2[C@H](C(=O)NC2CC(=O)OC2O)C1. The molecule has 0 radical (unpaired) electrons. The van der Waals surface area contributed by atoms with Crippen molar-refractivity contribution in [1.29, 1.82) is 0 Å². The van der Waals surface area contributed by atoms with E-state index in [0.717, 1.165) is 10.8 Å². The maximum atomic E-state index is 13.9. The third kappa shape index (κ3) is 5.07. The number of carbonyl (C=O) groups excluding carboxylic acids is 4. The molecule has 10 heteroatoms. The first-order valence-corrected chi connectivity index (χ1v) is 12.4. The van der Waals surface area contributed by atoms with Gasteiger partial charge in [0.05, 0.1) is 6.42 Å². The van der Waals surface area contributed by atoms with Crippen LogP contribution >= 0.6 is 0 Å². The van der Waals surface area contributed by atoms with Gasteiger partial charge in [-0.3, -0.25) is 19.2 Å². The van der Waals surface area contributed by atoms with Gasteiger partial charge in [0.2, 0.25) is 18.1 Å². The van der Waals surface area contributed by atoms with Crippen molar-refractivity contribution < 1.29 is 29.0 Å². The summed E-state index contributed by atoms with van der Waals surface area (Å²) in [5.41, 5.74) is 0.473. The molecule has 2 unspecified atom stereocenters. The number of fused-ring (bicyclic) bond motifs is 2. The Morgan fingerprint density at radius 2 is 1.76 bits per heavy atom. The van der Waals surface area contributed by atoms with Crippen LogP contribution in [0.2, 0.25) is 0 Å². The Balaban J connectivity index is 1.39. The zero-order valence-electron chi connectivity index (χ0n) is 20.5. The summed E-state index contributed by atoms with van der Waals surface area (Å²) in [6.45, 7) is 0.844. The van der Waals surface area contributed by atoms with Crippen LogP contribution in [0.15, 0.2) is 54.6 Å². The number of nitrogens with zero attached hydrogens (tertiary/aromatic N) is 2. The topological polar surface area (TPSA) is 128 Å². The number of likely N-dealkylation sites (N-methyl/N-ethyl adjacent to an activating group) is 1. The fourth-order valence-corrected chi connectivity index (χ4v) is 5.38. The Morgan fingerprint density at radius 1 is 1.00 bits per heavy atom. The molecule has 0 aromatic heterocycles. The van der Waals surface area contributed by atoms with Crippen LogP contribution in [0, 0.1) is 0 Å². The van der Waals surface area contributed by atoms with E-state index >= 15 is 0 Å². The molecule has 5 rings (SSSR count). The van der Waals surface area contributed by atoms with Crippen LogP contribution in [-0.4, -0.2) is 89.2 Å². The fourth-order valence-electron chi connectivity index (χ4n) is 5.38. The molecule has 37 heavy (non-hydrogen) atoms. The van der Waals surface area contributed by atoms with Crippen LogP contribution in [0.1, 0.15) is 29.6 Å². The van der Waals surface area contributed by atoms with Crippen molar-refractivity contribution in [2.45, 2.75) is 49.7 Å². The molecular formula is C27H30N4O6. The summed E-state index contributed by atoms with van der Waals surface area (Å²) in [5.74, 6) is -1.77. The van der Waals surface area contributed by atoms with Gasteiger partial charge in [0.1, 0.15) is 18.1 Å². The van der Waals surface area contributed by atoms with E-state index < -0.39 is 36.3 Å². The van der Waals surface area contributed by atoms with E-state index in [-0.39, 0.29) is 30.8 Å². The molecule has 194 valence electrons. The third-order valence-corrected chi connectivity index (χ3v) is 7.19. The highest BCUT2D eigenvalue weighted by molar-refractivity contribution is 6.08. The molecule has 2 fully saturated rings. The number of nitrogens with one attached hydrogen (secondary N) is 2. The monoisotopic (exact) mass is 506 g/mol. The van der Waals surface area contributed by atoms with Gasteiger partial charge in [0.15, 0.2) is 0 Å². The van der Waals surface area contributed by atoms with Gasteiger partial charge in [-0.2, -0.15) is 0 Å². The van der Waals surface area contributed by atoms with Gasteiger partial charge in [-0.1, -0.05) is 48.6 Å². The van der Waals surface area contributed by atoms with Crippen LogP contribution in [0.4, 0.5) is 0 Å². The Morgan fingerprint density at radius 3 is 2.54 bits per heavy atom. The Bertz CT molecular complexity index is 1260. The number of aliphatic hydroxyl groups excluding tert-OH is 1. The van der Waals surface area contributed by atoms with E-state index in [4.69, 9.17) is 4.74 Å². The molecule has 3 aliphatic rings. The number of hydrogen-bond donors (Lipinski definition) is 3. The van der Waals surface area contributed by atoms with Crippen molar-refractivity contribution in [2.24, 2.45) is 0 Å². The molecule has 10 nitrogen and oxygen atoms in total. The molecule has 0 aliphatic carbocycles. The summed E-state index contributed by atoms with van der Waals surface area (Å²) >= 11 is 0. The molecule has 2 aromatic carbocycles. The van der Waals surface area contributed by atoms with Crippen LogP contribution in [0.3, 0.4) is 0 Å². The average Bonchev–Trinajstić information content (AvgIpc) is 3.19. The van der Waals surface area contributed by atoms with Crippen LogP contribution in [0.25, 0.3) is 10.8 Å². The summed E-state index contributed by atoms with van der Waals surface area (Å²) in [6.07, 6.45) is 3.17. The summed E-state index contributed by atoms with van der Waals surface area (Å²) < 4.78 is 4.74. The van der Waals surface area contributed by atoms with Gasteiger partial charge >= 0.3 is 5.97 Å². The number of carbonyl (C=O) groups is 4. The quantitative estimate of drug-likeness (QED) is 0.408. The number of amides is 3. The summed E-state index contributed by atoms with van der Waals surface area (Å²) in [6, 6.07) is 10.1. The lowest BCUT2D eigenvalue weighted by atomic mass is 9.96. The number of esters is 1. The maximum Gasteiger partial charge on any atom is 0.310 e. The average molecular weight is 507 g/mol. The molecule has 0 bridgehead atoms. The third-order valence-electron chi connectivity index (χ3n) is 7.19. The molecule has 2 aromatic rings. The van der Waals surface area contributed by atoms with Gasteiger partial charge in [0, 0.05) is 24.7 Å². The Labute approximate surface area is 214 Å². The first-order valence-electron chi connectivity index (χ1n) is 12.4. The summed E-state index contributed by atoms with van der Waals surface area (Å²) in [7, 11) is 1.88. The van der Waals surface area contributed by atoms with Crippen LogP contribution in [0.5, 0.6) is 0 Å². The van der Waals surface area contributed by atoms with E-state index in [9.17, 15) is 24.3 Å². The number of ether oxygens (including phenoxy) is 1. The zero-order chi connectivity index (χ0) is 26.1. The van der Waals surface area contributed by atoms with Crippen molar-refractivity contribution in [2.75, 3.05) is 20.1 Å². The highest BCUT2D eigenvalue weighted by Gasteiger charge is 2.44. The largest absolute Gasteiger partial charge is 0.434 e. The number of cyclic esters (lactones) is 1. The number of rotatable bonds is 4. The molecule has 5 atom stereocenters. The molecule has 3 amide bonds. The maximum absolute atomic E-state index is 13.9. The second kappa shape index (κ2) is 10.3. The first kappa shape index (κ1) is 24.9. The lowest BCUT2D eigenvalue weighted by Gasteiger charge is -2.46. The van der Waals surface area contributed by atoms with Gasteiger partial charge in [-0.25, -0.2) is 0 Å². The second-order valence-electron chi connectivity index (χ2n) is 9.83. The minimum absolute atomic E-state index is 0.140. The van der Waals surface area contributed by atoms with Crippen molar-refractivity contribution in [1.82, 2.24) is 20.4 Å². The number of hydrogen-bond acceptors (Lipinski definition) is 7. The molecule has 0 spiro atoms. The van der Waals surface area contributed by atoms with Crippen molar-refractivity contribution in [3.63, 3.8) is 0 Å². The van der Waals surface area contributed by atoms with Crippen molar-refractivity contribution in [3.8, 4) is 0 Å². The molecule has 3 aliphatic heterocycles. The van der Waals surface area contributed by atoms with E-state index in [1.54, 1.807) is 17.0 Å². The van der Waals surface area contributed by atoms with Crippen molar-refractivity contribution >= 4 is 34.5 Å². The zero-order valence-corrected chi connectivity index (χ0v) is 20.5. The predicted octanol–water partition coefficient (Wildman–Crippen LogP) is 0.550. The number of piperazine rings is 1. The Hall–Kier alpha value is -3.76. The van der Waals surface area contributed by atoms with Gasteiger partial charge in [-0.05, 0) is 36.7 Å². The Kier molecular flexibility index (Phi) is 6.94. The predicted molar refractivity (Wildman–Crippen MR) is 134 cm³/mol. The van der Waals surface area contributed by atoms with E-state index in [2.05, 4.69) is 10.6 Å². The first-order chi connectivity index (χ1) is 17.8.